The van der Waals surface area contributed by atoms with Crippen molar-refractivity contribution >= 4 is 0 Å². The minimum absolute atomic E-state index is 0.136. The Labute approximate surface area is 102 Å². The molecule has 1 heterocycles. The molecule has 1 aromatic rings. The van der Waals surface area contributed by atoms with E-state index < -0.39 is 11.7 Å². The first-order valence-corrected chi connectivity index (χ1v) is 5.87. The smallest absolute Gasteiger partial charge is 0.206 e. The molecule has 0 spiro atoms. The van der Waals surface area contributed by atoms with E-state index in [0.717, 1.165) is 11.1 Å². The monoisotopic (exact) mass is 236 g/mol. The minimum Gasteiger partial charge on any atom is -0.508 e. The molecule has 0 fully saturated rings. The highest BCUT2D eigenvalue weighted by Crippen LogP contribution is 2.48. The maximum atomic E-state index is 9.96. The third kappa shape index (κ3) is 1.78. The third-order valence-corrected chi connectivity index (χ3v) is 3.42. The normalized spacial score (nSPS) is 22.1. The van der Waals surface area contributed by atoms with Gasteiger partial charge in [-0.15, -0.1) is 0 Å². The molecule has 17 heavy (non-hydrogen) atoms. The van der Waals surface area contributed by atoms with Gasteiger partial charge in [-0.1, -0.05) is 20.8 Å². The Morgan fingerprint density at radius 1 is 1.24 bits per heavy atom. The van der Waals surface area contributed by atoms with Crippen LogP contribution in [0, 0.1) is 0 Å². The number of phenols is 1. The second-order valence-electron chi connectivity index (χ2n) is 6.31. The van der Waals surface area contributed by atoms with Crippen molar-refractivity contribution in [1.82, 2.24) is 0 Å². The lowest BCUT2D eigenvalue weighted by molar-refractivity contribution is -0.0456. The highest BCUT2D eigenvalue weighted by Gasteiger charge is 2.43. The molecule has 2 rings (SSSR count). The Kier molecular flexibility index (Phi) is 2.44. The quantitative estimate of drug-likeness (QED) is 0.728. The molecule has 1 aromatic carbocycles. The van der Waals surface area contributed by atoms with Crippen molar-refractivity contribution < 1.29 is 14.9 Å². The van der Waals surface area contributed by atoms with Gasteiger partial charge in [-0.2, -0.15) is 0 Å². The molecule has 0 bridgehead atoms. The summed E-state index contributed by atoms with van der Waals surface area (Å²) in [7, 11) is 0. The van der Waals surface area contributed by atoms with E-state index >= 15 is 0 Å². The van der Waals surface area contributed by atoms with Crippen molar-refractivity contribution in [3.63, 3.8) is 0 Å². The predicted octanol–water partition coefficient (Wildman–Crippen LogP) is 2.68. The molecule has 0 aliphatic carbocycles. The van der Waals surface area contributed by atoms with E-state index in [2.05, 4.69) is 20.8 Å². The Hall–Kier alpha value is -1.22. The number of benzene rings is 1. The number of hydrogen-bond acceptors (Lipinski definition) is 3. The van der Waals surface area contributed by atoms with E-state index in [1.807, 2.05) is 13.8 Å². The summed E-state index contributed by atoms with van der Waals surface area (Å²) in [5.41, 5.74) is 1.17. The fourth-order valence-corrected chi connectivity index (χ4v) is 2.17. The molecule has 3 heteroatoms. The average Bonchev–Trinajstić information content (AvgIpc) is 2.38. The molecule has 0 radical (unpaired) electrons. The summed E-state index contributed by atoms with van der Waals surface area (Å²) in [4.78, 5) is 0. The van der Waals surface area contributed by atoms with E-state index in [-0.39, 0.29) is 11.2 Å². The van der Waals surface area contributed by atoms with Crippen LogP contribution >= 0.6 is 0 Å². The number of aliphatic hydroxyl groups is 1. The first kappa shape index (κ1) is 12.2. The van der Waals surface area contributed by atoms with E-state index in [1.54, 1.807) is 12.1 Å². The van der Waals surface area contributed by atoms with Crippen LogP contribution in [0.5, 0.6) is 11.5 Å². The zero-order chi connectivity index (χ0) is 13.0. The zero-order valence-corrected chi connectivity index (χ0v) is 11.0. The van der Waals surface area contributed by atoms with Crippen LogP contribution in [0.1, 0.15) is 45.7 Å². The van der Waals surface area contributed by atoms with Gasteiger partial charge in [-0.25, -0.2) is 0 Å². The van der Waals surface area contributed by atoms with Crippen LogP contribution in [0.4, 0.5) is 0 Å². The first-order chi connectivity index (χ1) is 7.64. The average molecular weight is 236 g/mol. The first-order valence-electron chi connectivity index (χ1n) is 5.87. The zero-order valence-electron chi connectivity index (χ0n) is 11.0. The Balaban J connectivity index is 2.69. The van der Waals surface area contributed by atoms with Crippen LogP contribution in [-0.4, -0.2) is 16.5 Å². The molecule has 0 amide bonds. The Morgan fingerprint density at radius 2 is 1.82 bits per heavy atom. The molecule has 1 aliphatic heterocycles. The summed E-state index contributed by atoms with van der Waals surface area (Å²) in [6.07, 6.45) is -0.861. The summed E-state index contributed by atoms with van der Waals surface area (Å²) >= 11 is 0. The van der Waals surface area contributed by atoms with Crippen molar-refractivity contribution in [2.75, 3.05) is 0 Å². The van der Waals surface area contributed by atoms with Crippen LogP contribution in [-0.2, 0) is 10.8 Å². The number of aromatic hydroxyl groups is 1. The summed E-state index contributed by atoms with van der Waals surface area (Å²) < 4.78 is 5.58. The minimum atomic E-state index is -0.861. The van der Waals surface area contributed by atoms with Crippen LogP contribution in [0.3, 0.4) is 0 Å². The summed E-state index contributed by atoms with van der Waals surface area (Å²) in [6.45, 7) is 10.0. The number of rotatable bonds is 0. The van der Waals surface area contributed by atoms with Crippen LogP contribution in [0.15, 0.2) is 12.1 Å². The molecule has 3 nitrogen and oxygen atoms in total. The van der Waals surface area contributed by atoms with Crippen LogP contribution in [0.25, 0.3) is 0 Å². The second-order valence-corrected chi connectivity index (χ2v) is 6.31. The molecule has 94 valence electrons. The van der Waals surface area contributed by atoms with Gasteiger partial charge in [0.15, 0.2) is 0 Å². The van der Waals surface area contributed by atoms with Crippen LogP contribution < -0.4 is 4.74 Å². The number of ether oxygens (including phenoxy) is 1. The maximum Gasteiger partial charge on any atom is 0.206 e. The maximum absolute atomic E-state index is 9.96. The molecular weight excluding hydrogens is 216 g/mol. The molecular formula is C14H20O3. The van der Waals surface area contributed by atoms with Gasteiger partial charge in [-0.3, -0.25) is 0 Å². The summed E-state index contributed by atoms with van der Waals surface area (Å²) in [6, 6.07) is 3.40. The van der Waals surface area contributed by atoms with E-state index in [4.69, 9.17) is 4.74 Å². The van der Waals surface area contributed by atoms with Crippen molar-refractivity contribution in [3.05, 3.63) is 23.3 Å². The van der Waals surface area contributed by atoms with Crippen molar-refractivity contribution in [3.8, 4) is 11.5 Å². The van der Waals surface area contributed by atoms with E-state index in [0.29, 0.717) is 5.75 Å². The number of hydrogen-bond donors (Lipinski definition) is 2. The molecule has 0 saturated carbocycles. The Bertz CT molecular complexity index is 455. The predicted molar refractivity (Wildman–Crippen MR) is 66.5 cm³/mol. The van der Waals surface area contributed by atoms with Gasteiger partial charge >= 0.3 is 0 Å². The summed E-state index contributed by atoms with van der Waals surface area (Å²) in [5, 5.41) is 19.8. The largest absolute Gasteiger partial charge is 0.508 e. The van der Waals surface area contributed by atoms with Crippen molar-refractivity contribution in [2.45, 2.75) is 51.7 Å². The number of phenolic OH excluding ortho intramolecular Hbond substituents is 1. The SMILES string of the molecule is CC(C)(C)c1cc(O)cc2c1OC(O)C2(C)C. The van der Waals surface area contributed by atoms with Gasteiger partial charge in [-0.05, 0) is 31.4 Å². The van der Waals surface area contributed by atoms with Gasteiger partial charge < -0.3 is 14.9 Å². The van der Waals surface area contributed by atoms with Gasteiger partial charge in [0.05, 0.1) is 5.41 Å². The van der Waals surface area contributed by atoms with Gasteiger partial charge in [0, 0.05) is 11.1 Å². The van der Waals surface area contributed by atoms with Gasteiger partial charge in [0.2, 0.25) is 6.29 Å². The molecule has 0 saturated heterocycles. The summed E-state index contributed by atoms with van der Waals surface area (Å²) in [5.74, 6) is 0.937. The van der Waals surface area contributed by atoms with E-state index in [9.17, 15) is 10.2 Å². The fraction of sp³-hybridized carbons (Fsp3) is 0.571. The topological polar surface area (TPSA) is 49.7 Å². The van der Waals surface area contributed by atoms with Gasteiger partial charge in [0.1, 0.15) is 11.5 Å². The number of aliphatic hydroxyl groups excluding tert-OH is 1. The van der Waals surface area contributed by atoms with E-state index in [1.165, 1.54) is 0 Å². The highest BCUT2D eigenvalue weighted by atomic mass is 16.6. The molecule has 1 atom stereocenters. The molecule has 0 aromatic heterocycles. The molecule has 1 aliphatic rings. The molecule has 2 N–H and O–H groups in total. The third-order valence-electron chi connectivity index (χ3n) is 3.42. The van der Waals surface area contributed by atoms with Crippen molar-refractivity contribution in [1.29, 1.82) is 0 Å². The van der Waals surface area contributed by atoms with Gasteiger partial charge in [0.25, 0.3) is 0 Å². The Morgan fingerprint density at radius 3 is 2.35 bits per heavy atom. The highest BCUT2D eigenvalue weighted by molar-refractivity contribution is 5.55. The number of fused-ring (bicyclic) bond motifs is 1. The van der Waals surface area contributed by atoms with Crippen molar-refractivity contribution in [2.24, 2.45) is 0 Å². The van der Waals surface area contributed by atoms with Crippen LogP contribution in [0.2, 0.25) is 0 Å². The lowest BCUT2D eigenvalue weighted by atomic mass is 9.80. The standard InChI is InChI=1S/C14H20O3/c1-13(2,3)9-6-8(15)7-10-11(9)17-12(16)14(10,4)5/h6-7,12,15-16H,1-5H3. The lowest BCUT2D eigenvalue weighted by Gasteiger charge is -2.22. The fourth-order valence-electron chi connectivity index (χ4n) is 2.17. The molecule has 1 unspecified atom stereocenters. The lowest BCUT2D eigenvalue weighted by Crippen LogP contribution is -2.31. The second kappa shape index (κ2) is 3.39.